The predicted octanol–water partition coefficient (Wildman–Crippen LogP) is 4.29. The summed E-state index contributed by atoms with van der Waals surface area (Å²) in [5.41, 5.74) is 3.37. The molecule has 0 aromatic heterocycles. The van der Waals surface area contributed by atoms with E-state index in [0.717, 1.165) is 22.9 Å². The molecule has 1 aromatic rings. The van der Waals surface area contributed by atoms with E-state index in [2.05, 4.69) is 35.0 Å². The molecule has 0 saturated carbocycles. The second-order valence-corrected chi connectivity index (χ2v) is 5.31. The third-order valence-electron chi connectivity index (χ3n) is 3.13. The first kappa shape index (κ1) is 11.9. The Balaban J connectivity index is 2.26. The van der Waals surface area contributed by atoms with Crippen LogP contribution < -0.4 is 0 Å². The molecule has 1 nitrogen and oxygen atoms in total. The van der Waals surface area contributed by atoms with E-state index < -0.39 is 6.10 Å². The summed E-state index contributed by atoms with van der Waals surface area (Å²) in [6.45, 7) is 2.06. The number of aliphatic hydroxyl groups is 1. The molecule has 16 heavy (non-hydrogen) atoms. The van der Waals surface area contributed by atoms with E-state index in [-0.39, 0.29) is 0 Å². The molecule has 0 fully saturated rings. The molecule has 1 unspecified atom stereocenters. The van der Waals surface area contributed by atoms with Crippen LogP contribution in [0.3, 0.4) is 0 Å². The number of rotatable bonds is 2. The summed E-state index contributed by atoms with van der Waals surface area (Å²) >= 11 is 3.53. The minimum atomic E-state index is -0.435. The molecule has 1 aliphatic carbocycles. The molecule has 0 bridgehead atoms. The lowest BCUT2D eigenvalue weighted by Gasteiger charge is -2.20. The van der Waals surface area contributed by atoms with Gasteiger partial charge in [0.1, 0.15) is 6.10 Å². The fourth-order valence-electron chi connectivity index (χ4n) is 2.16. The smallest absolute Gasteiger partial charge is 0.101 e. The van der Waals surface area contributed by atoms with Gasteiger partial charge < -0.3 is 5.11 Å². The summed E-state index contributed by atoms with van der Waals surface area (Å²) in [5, 5.41) is 10.3. The van der Waals surface area contributed by atoms with Gasteiger partial charge in [0.25, 0.3) is 0 Å². The highest BCUT2D eigenvalue weighted by Crippen LogP contribution is 2.33. The molecule has 1 aromatic carbocycles. The van der Waals surface area contributed by atoms with Crippen LogP contribution in [-0.2, 0) is 0 Å². The molecule has 0 aliphatic heterocycles. The van der Waals surface area contributed by atoms with Crippen molar-refractivity contribution in [1.82, 2.24) is 0 Å². The number of hydrogen-bond acceptors (Lipinski definition) is 1. The maximum Gasteiger partial charge on any atom is 0.101 e. The van der Waals surface area contributed by atoms with Gasteiger partial charge in [0.05, 0.1) is 0 Å². The fraction of sp³-hybridized carbons (Fsp3) is 0.429. The van der Waals surface area contributed by atoms with Crippen molar-refractivity contribution in [3.8, 4) is 0 Å². The number of halogens is 1. The van der Waals surface area contributed by atoms with Crippen molar-refractivity contribution < 1.29 is 5.11 Å². The van der Waals surface area contributed by atoms with Gasteiger partial charge in [0.15, 0.2) is 0 Å². The molecule has 1 N–H and O–H groups in total. The van der Waals surface area contributed by atoms with E-state index in [0.29, 0.717) is 0 Å². The second kappa shape index (κ2) is 5.15. The van der Waals surface area contributed by atoms with Crippen LogP contribution in [0.15, 0.2) is 34.3 Å². The fourth-order valence-corrected chi connectivity index (χ4v) is 2.88. The average Bonchev–Trinajstić information content (AvgIpc) is 2.29. The summed E-state index contributed by atoms with van der Waals surface area (Å²) in [6, 6.07) is 6.12. The van der Waals surface area contributed by atoms with Crippen LogP contribution in [-0.4, -0.2) is 5.11 Å². The van der Waals surface area contributed by atoms with E-state index in [1.54, 1.807) is 0 Å². The van der Waals surface area contributed by atoms with Crippen molar-refractivity contribution in [3.63, 3.8) is 0 Å². The molecule has 0 spiro atoms. The third-order valence-corrected chi connectivity index (χ3v) is 3.81. The van der Waals surface area contributed by atoms with Crippen LogP contribution in [0.1, 0.15) is 42.9 Å². The zero-order valence-electron chi connectivity index (χ0n) is 9.54. The molecule has 0 heterocycles. The molecule has 86 valence electrons. The number of benzene rings is 1. The van der Waals surface area contributed by atoms with Crippen molar-refractivity contribution >= 4 is 15.9 Å². The van der Waals surface area contributed by atoms with Gasteiger partial charge in [-0.15, -0.1) is 0 Å². The van der Waals surface area contributed by atoms with Crippen LogP contribution in [0, 0.1) is 6.92 Å². The summed E-state index contributed by atoms with van der Waals surface area (Å²) in [5.74, 6) is 0. The molecular weight excluding hydrogens is 264 g/mol. The molecule has 0 amide bonds. The van der Waals surface area contributed by atoms with Crippen LogP contribution in [0.5, 0.6) is 0 Å². The lowest BCUT2D eigenvalue weighted by molar-refractivity contribution is 0.207. The van der Waals surface area contributed by atoms with Gasteiger partial charge >= 0.3 is 0 Å². The van der Waals surface area contributed by atoms with Gasteiger partial charge in [-0.1, -0.05) is 34.1 Å². The first-order valence-electron chi connectivity index (χ1n) is 5.81. The number of hydrogen-bond donors (Lipinski definition) is 1. The van der Waals surface area contributed by atoms with E-state index >= 15 is 0 Å². The molecule has 0 saturated heterocycles. The Labute approximate surface area is 105 Å². The topological polar surface area (TPSA) is 20.2 Å². The average molecular weight is 281 g/mol. The van der Waals surface area contributed by atoms with Gasteiger partial charge in [-0.05, 0) is 55.4 Å². The SMILES string of the molecule is Cc1ccc(C(O)C2=CCCCC2)c(Br)c1. The van der Waals surface area contributed by atoms with Crippen LogP contribution >= 0.6 is 15.9 Å². The van der Waals surface area contributed by atoms with Crippen molar-refractivity contribution in [2.45, 2.75) is 38.7 Å². The molecule has 2 heteroatoms. The first-order valence-corrected chi connectivity index (χ1v) is 6.61. The zero-order valence-corrected chi connectivity index (χ0v) is 11.1. The van der Waals surface area contributed by atoms with E-state index in [4.69, 9.17) is 0 Å². The Morgan fingerprint density at radius 1 is 1.31 bits per heavy atom. The minimum Gasteiger partial charge on any atom is -0.384 e. The molecule has 2 rings (SSSR count). The normalized spacial score (nSPS) is 18.1. The Morgan fingerprint density at radius 3 is 2.75 bits per heavy atom. The van der Waals surface area contributed by atoms with Gasteiger partial charge in [-0.2, -0.15) is 0 Å². The van der Waals surface area contributed by atoms with Crippen molar-refractivity contribution in [3.05, 3.63) is 45.4 Å². The molecule has 1 atom stereocenters. The third kappa shape index (κ3) is 2.55. The van der Waals surface area contributed by atoms with Crippen molar-refractivity contribution in [1.29, 1.82) is 0 Å². The Bertz CT molecular complexity index is 409. The molecular formula is C14H17BrO. The lowest BCUT2D eigenvalue weighted by Crippen LogP contribution is -2.05. The summed E-state index contributed by atoms with van der Waals surface area (Å²) in [4.78, 5) is 0. The Hall–Kier alpha value is -0.600. The Kier molecular flexibility index (Phi) is 3.82. The molecule has 0 radical (unpaired) electrons. The van der Waals surface area contributed by atoms with Gasteiger partial charge in [0, 0.05) is 4.47 Å². The molecule has 1 aliphatic rings. The maximum absolute atomic E-state index is 10.3. The lowest BCUT2D eigenvalue weighted by atomic mass is 9.91. The number of aryl methyl sites for hydroxylation is 1. The largest absolute Gasteiger partial charge is 0.384 e. The maximum atomic E-state index is 10.3. The number of allylic oxidation sites excluding steroid dienone is 1. The van der Waals surface area contributed by atoms with E-state index in [1.807, 2.05) is 12.1 Å². The first-order chi connectivity index (χ1) is 7.68. The highest BCUT2D eigenvalue weighted by Gasteiger charge is 2.17. The minimum absolute atomic E-state index is 0.435. The summed E-state index contributed by atoms with van der Waals surface area (Å²) in [7, 11) is 0. The zero-order chi connectivity index (χ0) is 11.5. The standard InChI is InChI=1S/C14H17BrO/c1-10-7-8-12(13(15)9-10)14(16)11-5-3-2-4-6-11/h5,7-9,14,16H,2-4,6H2,1H3. The van der Waals surface area contributed by atoms with Crippen LogP contribution in [0.2, 0.25) is 0 Å². The van der Waals surface area contributed by atoms with Gasteiger partial charge in [-0.3, -0.25) is 0 Å². The Morgan fingerprint density at radius 2 is 2.12 bits per heavy atom. The van der Waals surface area contributed by atoms with E-state index in [9.17, 15) is 5.11 Å². The summed E-state index contributed by atoms with van der Waals surface area (Å²) in [6.07, 6.45) is 6.35. The van der Waals surface area contributed by atoms with Gasteiger partial charge in [0.2, 0.25) is 0 Å². The quantitative estimate of drug-likeness (QED) is 0.802. The highest BCUT2D eigenvalue weighted by atomic mass is 79.9. The van der Waals surface area contributed by atoms with E-state index in [1.165, 1.54) is 24.0 Å². The van der Waals surface area contributed by atoms with Crippen LogP contribution in [0.25, 0.3) is 0 Å². The highest BCUT2D eigenvalue weighted by molar-refractivity contribution is 9.10. The monoisotopic (exact) mass is 280 g/mol. The van der Waals surface area contributed by atoms with Crippen molar-refractivity contribution in [2.75, 3.05) is 0 Å². The predicted molar refractivity (Wildman–Crippen MR) is 70.4 cm³/mol. The van der Waals surface area contributed by atoms with Crippen LogP contribution in [0.4, 0.5) is 0 Å². The number of aliphatic hydroxyl groups excluding tert-OH is 1. The second-order valence-electron chi connectivity index (χ2n) is 4.45. The van der Waals surface area contributed by atoms with Crippen molar-refractivity contribution in [2.24, 2.45) is 0 Å². The van der Waals surface area contributed by atoms with Gasteiger partial charge in [-0.25, -0.2) is 0 Å². The summed E-state index contributed by atoms with van der Waals surface area (Å²) < 4.78 is 1.01.